The van der Waals surface area contributed by atoms with E-state index in [2.05, 4.69) is 15.2 Å². The summed E-state index contributed by atoms with van der Waals surface area (Å²) in [6.45, 7) is 2.33. The maximum absolute atomic E-state index is 13.4. The third-order valence-corrected chi connectivity index (χ3v) is 6.78. The number of carbonyl (C=O) groups is 1. The Morgan fingerprint density at radius 3 is 2.69 bits per heavy atom. The number of amides is 1. The molecule has 1 aliphatic rings. The number of hydrogen-bond acceptors (Lipinski definition) is 5. The zero-order valence-corrected chi connectivity index (χ0v) is 18.3. The van der Waals surface area contributed by atoms with Gasteiger partial charge in [-0.3, -0.25) is 14.2 Å². The molecule has 0 saturated carbocycles. The van der Waals surface area contributed by atoms with E-state index in [0.29, 0.717) is 35.6 Å². The molecule has 32 heavy (non-hydrogen) atoms. The number of rotatable bonds is 2. The number of halogens is 3. The fraction of sp³-hybridized carbons (Fsp3) is 0.333. The molecule has 1 aliphatic heterocycles. The number of fused-ring (bicyclic) bond motifs is 2. The van der Waals surface area contributed by atoms with Crippen LogP contribution in [0.1, 0.15) is 40.3 Å². The summed E-state index contributed by atoms with van der Waals surface area (Å²) >= 11 is 1.42. The number of aryl methyl sites for hydroxylation is 2. The molecule has 0 aliphatic carbocycles. The molecule has 5 rings (SSSR count). The molecule has 11 heteroatoms. The largest absolute Gasteiger partial charge is 0.435 e. The Bertz CT molecular complexity index is 1350. The lowest BCUT2D eigenvalue weighted by molar-refractivity contribution is -0.141. The number of thiazole rings is 1. The Labute approximate surface area is 185 Å². The van der Waals surface area contributed by atoms with Crippen LogP contribution in [0.3, 0.4) is 0 Å². The minimum atomic E-state index is -4.52. The van der Waals surface area contributed by atoms with Gasteiger partial charge in [-0.25, -0.2) is 4.98 Å². The van der Waals surface area contributed by atoms with Gasteiger partial charge in [0.15, 0.2) is 5.69 Å². The minimum Gasteiger partial charge on any atom is -0.330 e. The van der Waals surface area contributed by atoms with E-state index in [1.165, 1.54) is 23.1 Å². The Hall–Kier alpha value is -3.21. The van der Waals surface area contributed by atoms with Gasteiger partial charge in [-0.15, -0.1) is 11.3 Å². The number of carbonyl (C=O) groups excluding carboxylic acids is 1. The molecule has 1 amide bonds. The van der Waals surface area contributed by atoms with Crippen LogP contribution in [0.4, 0.5) is 13.2 Å². The molecule has 4 heterocycles. The van der Waals surface area contributed by atoms with E-state index in [-0.39, 0.29) is 11.9 Å². The Morgan fingerprint density at radius 1 is 1.19 bits per heavy atom. The molecule has 0 bridgehead atoms. The summed E-state index contributed by atoms with van der Waals surface area (Å²) in [5.74, 6) is -0.106. The molecular weight excluding hydrogens is 441 g/mol. The van der Waals surface area contributed by atoms with Crippen LogP contribution in [0.5, 0.6) is 0 Å². The number of benzene rings is 1. The highest BCUT2D eigenvalue weighted by Gasteiger charge is 2.37. The first-order valence-corrected chi connectivity index (χ1v) is 10.9. The van der Waals surface area contributed by atoms with Crippen LogP contribution in [0.25, 0.3) is 21.6 Å². The second-order valence-electron chi connectivity index (χ2n) is 7.80. The fourth-order valence-electron chi connectivity index (χ4n) is 4.38. The molecule has 1 atom stereocenters. The van der Waals surface area contributed by atoms with Gasteiger partial charge in [0.05, 0.1) is 44.4 Å². The molecule has 0 spiro atoms. The van der Waals surface area contributed by atoms with Crippen molar-refractivity contribution < 1.29 is 18.0 Å². The van der Waals surface area contributed by atoms with Gasteiger partial charge in [-0.05, 0) is 31.5 Å². The van der Waals surface area contributed by atoms with E-state index < -0.39 is 11.9 Å². The highest BCUT2D eigenvalue weighted by atomic mass is 32.1. The van der Waals surface area contributed by atoms with Crippen LogP contribution in [-0.4, -0.2) is 41.9 Å². The lowest BCUT2D eigenvalue weighted by Gasteiger charge is -2.33. The van der Waals surface area contributed by atoms with Crippen molar-refractivity contribution in [1.82, 2.24) is 29.4 Å². The topological polar surface area (TPSA) is 68.8 Å². The average molecular weight is 460 g/mol. The van der Waals surface area contributed by atoms with E-state index in [1.54, 1.807) is 28.2 Å². The normalized spacial score (nSPS) is 16.6. The lowest BCUT2D eigenvalue weighted by atomic mass is 9.96. The van der Waals surface area contributed by atoms with Crippen molar-refractivity contribution in [2.45, 2.75) is 25.6 Å². The molecule has 4 aromatic rings. The predicted octanol–water partition coefficient (Wildman–Crippen LogP) is 4.21. The molecule has 0 N–H and O–H groups in total. The monoisotopic (exact) mass is 460 g/mol. The molecule has 0 fully saturated rings. The van der Waals surface area contributed by atoms with E-state index in [0.717, 1.165) is 21.8 Å². The molecule has 3 aromatic heterocycles. The first kappa shape index (κ1) is 20.7. The number of aromatic nitrogens is 5. The first-order valence-electron chi connectivity index (χ1n) is 9.97. The summed E-state index contributed by atoms with van der Waals surface area (Å²) in [7, 11) is 3.19. The molecule has 7 nitrogen and oxygen atoms in total. The van der Waals surface area contributed by atoms with Crippen molar-refractivity contribution in [1.29, 1.82) is 0 Å². The summed E-state index contributed by atoms with van der Waals surface area (Å²) in [6, 6.07) is 6.20. The molecule has 1 aromatic carbocycles. The number of nitrogens with zero attached hydrogens (tertiary/aromatic N) is 6. The van der Waals surface area contributed by atoms with Gasteiger partial charge < -0.3 is 4.90 Å². The predicted molar refractivity (Wildman–Crippen MR) is 113 cm³/mol. The van der Waals surface area contributed by atoms with E-state index in [9.17, 15) is 18.0 Å². The highest BCUT2D eigenvalue weighted by molar-refractivity contribution is 7.17. The van der Waals surface area contributed by atoms with Crippen LogP contribution in [0.15, 0.2) is 29.8 Å². The molecular formula is C21H19F3N6OS. The van der Waals surface area contributed by atoms with Crippen molar-refractivity contribution in [2.24, 2.45) is 14.1 Å². The molecule has 166 valence electrons. The zero-order valence-electron chi connectivity index (χ0n) is 17.5. The Morgan fingerprint density at radius 2 is 1.97 bits per heavy atom. The molecule has 0 saturated heterocycles. The van der Waals surface area contributed by atoms with Crippen molar-refractivity contribution in [3.63, 3.8) is 0 Å². The van der Waals surface area contributed by atoms with Crippen LogP contribution >= 0.6 is 11.3 Å². The highest BCUT2D eigenvalue weighted by Crippen LogP contribution is 2.38. The van der Waals surface area contributed by atoms with Gasteiger partial charge in [-0.2, -0.15) is 23.4 Å². The average Bonchev–Trinajstić information content (AvgIpc) is 3.44. The molecule has 0 radical (unpaired) electrons. The van der Waals surface area contributed by atoms with Crippen LogP contribution < -0.4 is 0 Å². The van der Waals surface area contributed by atoms with Gasteiger partial charge in [0.1, 0.15) is 0 Å². The van der Waals surface area contributed by atoms with Gasteiger partial charge in [-0.1, -0.05) is 6.07 Å². The third-order valence-electron chi connectivity index (χ3n) is 5.90. The van der Waals surface area contributed by atoms with Gasteiger partial charge in [0.2, 0.25) is 0 Å². The standard InChI is InChI=1S/C21H19F3N6OS/c1-11-17-12(18(29(3)27-17)15-9-16(21(22,23)24)26-28(15)2)7-8-30(11)20(31)13-5-4-6-14-19(13)32-10-25-14/h4-6,9-11H,7-8H2,1-3H3. The van der Waals surface area contributed by atoms with Crippen molar-refractivity contribution in [3.8, 4) is 11.4 Å². The SMILES string of the molecule is CC1c2nn(C)c(-c3cc(C(F)(F)F)nn3C)c2CCN1C(=O)c1cccc2ncsc12. The Balaban J connectivity index is 1.53. The molecule has 1 unspecified atom stereocenters. The second kappa shape index (κ2) is 7.16. The fourth-order valence-corrected chi connectivity index (χ4v) is 5.17. The first-order chi connectivity index (χ1) is 15.2. The van der Waals surface area contributed by atoms with E-state index >= 15 is 0 Å². The summed E-state index contributed by atoms with van der Waals surface area (Å²) in [4.78, 5) is 19.4. The zero-order chi connectivity index (χ0) is 22.8. The van der Waals surface area contributed by atoms with Crippen molar-refractivity contribution in [2.75, 3.05) is 6.54 Å². The Kier molecular flexibility index (Phi) is 4.63. The lowest BCUT2D eigenvalue weighted by Crippen LogP contribution is -2.39. The maximum atomic E-state index is 13.4. The summed E-state index contributed by atoms with van der Waals surface area (Å²) < 4.78 is 43.2. The van der Waals surface area contributed by atoms with Crippen molar-refractivity contribution in [3.05, 3.63) is 52.3 Å². The van der Waals surface area contributed by atoms with Crippen LogP contribution in [-0.2, 0) is 26.7 Å². The van der Waals surface area contributed by atoms with Gasteiger partial charge >= 0.3 is 6.18 Å². The minimum absolute atomic E-state index is 0.106. The van der Waals surface area contributed by atoms with E-state index in [1.807, 2.05) is 19.1 Å². The quantitative estimate of drug-likeness (QED) is 0.450. The van der Waals surface area contributed by atoms with Crippen molar-refractivity contribution >= 4 is 27.5 Å². The van der Waals surface area contributed by atoms with Gasteiger partial charge in [0.25, 0.3) is 5.91 Å². The van der Waals surface area contributed by atoms with Crippen LogP contribution in [0, 0.1) is 0 Å². The second-order valence-corrected chi connectivity index (χ2v) is 8.66. The van der Waals surface area contributed by atoms with Gasteiger partial charge in [0, 0.05) is 26.2 Å². The van der Waals surface area contributed by atoms with E-state index in [4.69, 9.17) is 0 Å². The maximum Gasteiger partial charge on any atom is 0.435 e. The summed E-state index contributed by atoms with van der Waals surface area (Å²) in [5.41, 5.74) is 4.62. The number of hydrogen-bond donors (Lipinski definition) is 0. The smallest absolute Gasteiger partial charge is 0.330 e. The van der Waals surface area contributed by atoms with Crippen LogP contribution in [0.2, 0.25) is 0 Å². The summed E-state index contributed by atoms with van der Waals surface area (Å²) in [5, 5.41) is 8.23. The number of alkyl halides is 3. The third kappa shape index (κ3) is 3.10. The summed E-state index contributed by atoms with van der Waals surface area (Å²) in [6.07, 6.45) is -4.04.